The van der Waals surface area contributed by atoms with Gasteiger partial charge in [0.2, 0.25) is 0 Å². The number of phosphoric ester groups is 1. The smallest absolute Gasteiger partial charge is 0.462 e. The van der Waals surface area contributed by atoms with Gasteiger partial charge in [-0.2, -0.15) is 0 Å². The minimum absolute atomic E-state index is 0.0183. The van der Waals surface area contributed by atoms with Gasteiger partial charge in [0.25, 0.3) is 0 Å². The Hall–Kier alpha value is -2.10. The Labute approximate surface area is 282 Å². The molecule has 0 aromatic rings. The molecule has 1 rings (SSSR count). The summed E-state index contributed by atoms with van der Waals surface area (Å²) in [6.45, 7) is 5.63. The molecule has 4 atom stereocenters. The van der Waals surface area contributed by atoms with Crippen LogP contribution in [0.15, 0.2) is 36.5 Å². The van der Waals surface area contributed by atoms with Crippen molar-refractivity contribution in [2.45, 2.75) is 142 Å². The third-order valence-corrected chi connectivity index (χ3v) is 8.57. The third-order valence-electron chi connectivity index (χ3n) is 8.09. The van der Waals surface area contributed by atoms with Gasteiger partial charge in [-0.15, -0.1) is 0 Å². The van der Waals surface area contributed by atoms with Gasteiger partial charge >= 0.3 is 19.8 Å². The maximum absolute atomic E-state index is 12.4. The van der Waals surface area contributed by atoms with E-state index in [2.05, 4.69) is 25.3 Å². The Bertz CT molecular complexity index is 1020. The van der Waals surface area contributed by atoms with Gasteiger partial charge in [0, 0.05) is 18.8 Å². The first kappa shape index (κ1) is 42.9. The lowest BCUT2D eigenvalue weighted by Gasteiger charge is -2.18. The average Bonchev–Trinajstić information content (AvgIpc) is 3.36. The zero-order valence-corrected chi connectivity index (χ0v) is 29.8. The maximum Gasteiger partial charge on any atom is 0.469 e. The molecule has 0 amide bonds. The first-order valence-corrected chi connectivity index (χ1v) is 19.2. The first-order valence-electron chi connectivity index (χ1n) is 17.7. The molecule has 3 N–H and O–H groups in total. The number of hydrogen-bond acceptors (Lipinski definition) is 8. The van der Waals surface area contributed by atoms with Crippen molar-refractivity contribution in [3.63, 3.8) is 0 Å². The fourth-order valence-corrected chi connectivity index (χ4v) is 5.67. The van der Waals surface area contributed by atoms with Gasteiger partial charge in [-0.3, -0.25) is 18.9 Å². The number of esters is 2. The van der Waals surface area contributed by atoms with Crippen molar-refractivity contribution in [1.29, 1.82) is 0 Å². The number of unbranched alkanes of at least 4 members (excludes halogenated alkanes) is 9. The molecule has 0 aliphatic heterocycles. The van der Waals surface area contributed by atoms with E-state index in [0.717, 1.165) is 44.4 Å². The summed E-state index contributed by atoms with van der Waals surface area (Å²) in [6, 6.07) is 0. The minimum atomic E-state index is -4.80. The molecule has 1 aliphatic carbocycles. The van der Waals surface area contributed by atoms with Crippen LogP contribution in [0.3, 0.4) is 0 Å². The molecule has 0 aromatic carbocycles. The first-order chi connectivity index (χ1) is 22.4. The highest BCUT2D eigenvalue weighted by Crippen LogP contribution is 2.36. The van der Waals surface area contributed by atoms with Crippen LogP contribution in [0, 0.1) is 17.8 Å². The Morgan fingerprint density at radius 3 is 2.23 bits per heavy atom. The predicted octanol–water partition coefficient (Wildman–Crippen LogP) is 7.70. The molecule has 0 aromatic heterocycles. The summed E-state index contributed by atoms with van der Waals surface area (Å²) in [5.74, 6) is -0.539. The fourth-order valence-electron chi connectivity index (χ4n) is 5.31. The molecule has 0 unspecified atom stereocenters. The van der Waals surface area contributed by atoms with Gasteiger partial charge in [0.1, 0.15) is 6.61 Å². The van der Waals surface area contributed by atoms with Gasteiger partial charge < -0.3 is 24.4 Å². The second-order valence-electron chi connectivity index (χ2n) is 13.0. The quantitative estimate of drug-likeness (QED) is 0.0323. The minimum Gasteiger partial charge on any atom is -0.462 e. The number of ether oxygens (including phenoxy) is 2. The molecule has 0 saturated carbocycles. The molecule has 0 heterocycles. The Kier molecular flexibility index (Phi) is 23.6. The summed E-state index contributed by atoms with van der Waals surface area (Å²) < 4.78 is 26.2. The van der Waals surface area contributed by atoms with E-state index in [9.17, 15) is 24.1 Å². The molecule has 270 valence electrons. The molecular formula is C36H61O10P. The van der Waals surface area contributed by atoms with Crippen LogP contribution in [0.1, 0.15) is 130 Å². The van der Waals surface area contributed by atoms with E-state index < -0.39 is 38.6 Å². The van der Waals surface area contributed by atoms with Gasteiger partial charge in [-0.25, -0.2) is 4.57 Å². The number of rotatable bonds is 28. The maximum atomic E-state index is 12.4. The normalized spacial score (nSPS) is 18.1. The molecule has 0 bridgehead atoms. The largest absolute Gasteiger partial charge is 0.469 e. The molecule has 0 spiro atoms. The lowest BCUT2D eigenvalue weighted by Crippen LogP contribution is -2.29. The average molecular weight is 685 g/mol. The van der Waals surface area contributed by atoms with Crippen molar-refractivity contribution in [2.75, 3.05) is 13.2 Å². The molecule has 10 nitrogen and oxygen atoms in total. The van der Waals surface area contributed by atoms with E-state index in [1.807, 2.05) is 24.3 Å². The monoisotopic (exact) mass is 684 g/mol. The standard InChI is InChI=1S/C36H61O10P/c1-4-5-13-20-31(37)24-25-33-30(23-26-34(33)38)19-15-11-12-17-22-36(40)46-32(28-45-47(41,42)43)27-44-35(39)21-16-10-8-6-7-9-14-18-29(2)3/h11,15,23-26,29-33,37H,4-10,12-14,16-22,27-28H2,1-3H3,(H2,41,42,43)/b15-11-,25-24+/t30-,31-,32+,33+/m0/s1. The zero-order chi connectivity index (χ0) is 34.9. The Morgan fingerprint density at radius 1 is 0.894 bits per heavy atom. The molecule has 0 saturated heterocycles. The van der Waals surface area contributed by atoms with Crippen molar-refractivity contribution in [2.24, 2.45) is 17.8 Å². The van der Waals surface area contributed by atoms with Crippen molar-refractivity contribution in [1.82, 2.24) is 0 Å². The van der Waals surface area contributed by atoms with Gasteiger partial charge in [0.05, 0.1) is 12.7 Å². The van der Waals surface area contributed by atoms with Crippen LogP contribution in [0.5, 0.6) is 0 Å². The SMILES string of the molecule is CCCCC[C@H](O)/C=C/[C@H]1C(=O)C=C[C@@H]1C/C=C\CCCC(=O)O[C@H](COC(=O)CCCCCCCCCC(C)C)COP(=O)(O)O. The van der Waals surface area contributed by atoms with E-state index in [1.165, 1.54) is 25.7 Å². The Balaban J connectivity index is 2.36. The number of allylic oxidation sites excluding steroid dienone is 5. The van der Waals surface area contributed by atoms with Crippen LogP contribution >= 0.6 is 7.82 Å². The molecule has 47 heavy (non-hydrogen) atoms. The van der Waals surface area contributed by atoms with Crippen molar-refractivity contribution in [3.8, 4) is 0 Å². The molecule has 0 fully saturated rings. The van der Waals surface area contributed by atoms with Crippen LogP contribution in [-0.2, 0) is 32.9 Å². The van der Waals surface area contributed by atoms with Crippen LogP contribution in [-0.4, -0.2) is 58.0 Å². The number of aliphatic hydroxyl groups is 1. The van der Waals surface area contributed by atoms with Crippen molar-refractivity contribution >= 4 is 25.5 Å². The predicted molar refractivity (Wildman–Crippen MR) is 183 cm³/mol. The number of hydrogen-bond donors (Lipinski definition) is 3. The molecular weight excluding hydrogens is 623 g/mol. The van der Waals surface area contributed by atoms with Crippen LogP contribution < -0.4 is 0 Å². The highest BCUT2D eigenvalue weighted by molar-refractivity contribution is 7.46. The number of phosphoric acid groups is 1. The van der Waals surface area contributed by atoms with Crippen molar-refractivity contribution < 1.29 is 47.8 Å². The Morgan fingerprint density at radius 2 is 1.55 bits per heavy atom. The van der Waals surface area contributed by atoms with Gasteiger partial charge in [0.15, 0.2) is 11.9 Å². The molecule has 0 radical (unpaired) electrons. The number of ketones is 1. The van der Waals surface area contributed by atoms with Gasteiger partial charge in [-0.1, -0.05) is 115 Å². The summed E-state index contributed by atoms with van der Waals surface area (Å²) in [4.78, 5) is 55.0. The molecule has 11 heteroatoms. The summed E-state index contributed by atoms with van der Waals surface area (Å²) in [5.41, 5.74) is 0. The van der Waals surface area contributed by atoms with Crippen LogP contribution in [0.2, 0.25) is 0 Å². The highest BCUT2D eigenvalue weighted by atomic mass is 31.2. The summed E-state index contributed by atoms with van der Waals surface area (Å²) in [6.07, 6.45) is 23.8. The number of carbonyl (C=O) groups is 3. The third kappa shape index (κ3) is 23.8. The van der Waals surface area contributed by atoms with Crippen molar-refractivity contribution in [3.05, 3.63) is 36.5 Å². The van der Waals surface area contributed by atoms with E-state index in [-0.39, 0.29) is 37.1 Å². The van der Waals surface area contributed by atoms with Gasteiger partial charge in [-0.05, 0) is 50.0 Å². The van der Waals surface area contributed by atoms with E-state index in [4.69, 9.17) is 19.3 Å². The van der Waals surface area contributed by atoms with Crippen LogP contribution in [0.25, 0.3) is 0 Å². The fraction of sp³-hybridized carbons (Fsp3) is 0.750. The van der Waals surface area contributed by atoms with E-state index >= 15 is 0 Å². The molecule has 1 aliphatic rings. The van der Waals surface area contributed by atoms with Crippen LogP contribution in [0.4, 0.5) is 0 Å². The zero-order valence-electron chi connectivity index (χ0n) is 28.9. The second kappa shape index (κ2) is 25.9. The number of aliphatic hydroxyl groups excluding tert-OH is 1. The number of carbonyl (C=O) groups excluding carboxylic acids is 3. The summed E-state index contributed by atoms with van der Waals surface area (Å²) >= 11 is 0. The second-order valence-corrected chi connectivity index (χ2v) is 14.2. The van der Waals surface area contributed by atoms with E-state index in [0.29, 0.717) is 32.1 Å². The summed E-state index contributed by atoms with van der Waals surface area (Å²) in [5, 5.41) is 10.2. The topological polar surface area (TPSA) is 157 Å². The summed E-state index contributed by atoms with van der Waals surface area (Å²) in [7, 11) is -4.80. The lowest BCUT2D eigenvalue weighted by molar-refractivity contribution is -0.161. The highest BCUT2D eigenvalue weighted by Gasteiger charge is 2.27. The van der Waals surface area contributed by atoms with E-state index in [1.54, 1.807) is 12.2 Å². The lowest BCUT2D eigenvalue weighted by atomic mass is 9.90.